The van der Waals surface area contributed by atoms with Crippen LogP contribution in [0.15, 0.2) is 36.4 Å². The summed E-state index contributed by atoms with van der Waals surface area (Å²) >= 11 is 0. The number of fused-ring (bicyclic) bond motifs is 1. The quantitative estimate of drug-likeness (QED) is 0.716. The van der Waals surface area contributed by atoms with Crippen molar-refractivity contribution in [1.29, 1.82) is 0 Å². The zero-order chi connectivity index (χ0) is 11.5. The smallest absolute Gasteiger partial charge is 0.339 e. The van der Waals surface area contributed by atoms with Crippen LogP contribution >= 0.6 is 0 Å². The summed E-state index contributed by atoms with van der Waals surface area (Å²) in [5, 5.41) is 2.00. The summed E-state index contributed by atoms with van der Waals surface area (Å²) in [5.41, 5.74) is 0.479. The third kappa shape index (κ3) is 2.22. The van der Waals surface area contributed by atoms with Gasteiger partial charge in [-0.1, -0.05) is 30.3 Å². The Morgan fingerprint density at radius 3 is 2.69 bits per heavy atom. The monoisotopic (exact) mass is 213 g/mol. The molecule has 0 aromatic heterocycles. The molecule has 0 fully saturated rings. The molecule has 0 unspecified atom stereocenters. The molecule has 1 radical (unpaired) electrons. The van der Waals surface area contributed by atoms with Crippen molar-refractivity contribution in [2.45, 2.75) is 20.0 Å². The Morgan fingerprint density at radius 2 is 1.94 bits per heavy atom. The molecular formula is C14H13O2. The molecule has 2 rings (SSSR count). The van der Waals surface area contributed by atoms with Crippen molar-refractivity contribution in [3.63, 3.8) is 0 Å². The molecular weight excluding hydrogens is 200 g/mol. The zero-order valence-corrected chi connectivity index (χ0v) is 9.36. The second-order valence-corrected chi connectivity index (χ2v) is 3.91. The van der Waals surface area contributed by atoms with Crippen LogP contribution in [0.5, 0.6) is 0 Å². The highest BCUT2D eigenvalue weighted by Gasteiger charge is 2.09. The highest BCUT2D eigenvalue weighted by atomic mass is 16.5. The summed E-state index contributed by atoms with van der Waals surface area (Å²) in [7, 11) is 0. The van der Waals surface area contributed by atoms with Gasteiger partial charge in [-0.3, -0.25) is 0 Å². The molecule has 0 bridgehead atoms. The number of hydrogen-bond acceptors (Lipinski definition) is 2. The Balaban J connectivity index is 2.35. The lowest BCUT2D eigenvalue weighted by Crippen LogP contribution is -2.11. The minimum atomic E-state index is -0.319. The molecule has 0 aliphatic heterocycles. The first-order valence-electron chi connectivity index (χ1n) is 5.29. The van der Waals surface area contributed by atoms with Crippen molar-refractivity contribution in [2.75, 3.05) is 0 Å². The van der Waals surface area contributed by atoms with Crippen LogP contribution in [0.2, 0.25) is 0 Å². The molecule has 0 saturated carbocycles. The molecule has 2 nitrogen and oxygen atoms in total. The van der Waals surface area contributed by atoms with Crippen LogP contribution in [0, 0.1) is 6.07 Å². The van der Waals surface area contributed by atoms with Gasteiger partial charge in [0.2, 0.25) is 0 Å². The van der Waals surface area contributed by atoms with E-state index in [1.807, 2.05) is 44.2 Å². The van der Waals surface area contributed by atoms with Gasteiger partial charge in [-0.25, -0.2) is 4.79 Å². The average Bonchev–Trinajstić information content (AvgIpc) is 2.27. The van der Waals surface area contributed by atoms with Crippen LogP contribution in [0.1, 0.15) is 24.2 Å². The second kappa shape index (κ2) is 4.35. The van der Waals surface area contributed by atoms with Gasteiger partial charge in [0.05, 0.1) is 11.7 Å². The van der Waals surface area contributed by atoms with E-state index in [-0.39, 0.29) is 12.1 Å². The number of ether oxygens (including phenoxy) is 1. The SMILES string of the molecule is CC(C)OC(=O)c1[c]c2ccccc2cc1. The van der Waals surface area contributed by atoms with E-state index in [1.54, 1.807) is 6.07 Å². The van der Waals surface area contributed by atoms with Crippen molar-refractivity contribution in [3.05, 3.63) is 48.0 Å². The fourth-order valence-corrected chi connectivity index (χ4v) is 1.51. The van der Waals surface area contributed by atoms with Crippen molar-refractivity contribution >= 4 is 16.7 Å². The molecule has 0 saturated heterocycles. The molecule has 16 heavy (non-hydrogen) atoms. The molecule has 0 heterocycles. The minimum Gasteiger partial charge on any atom is -0.459 e. The lowest BCUT2D eigenvalue weighted by molar-refractivity contribution is 0.0377. The summed E-state index contributed by atoms with van der Waals surface area (Å²) in [4.78, 5) is 11.6. The molecule has 81 valence electrons. The van der Waals surface area contributed by atoms with Crippen LogP contribution < -0.4 is 0 Å². The van der Waals surface area contributed by atoms with Gasteiger partial charge in [-0.2, -0.15) is 0 Å². The first-order chi connectivity index (χ1) is 7.66. The molecule has 0 amide bonds. The van der Waals surface area contributed by atoms with Gasteiger partial charge in [0.25, 0.3) is 0 Å². The predicted molar refractivity (Wildman–Crippen MR) is 63.3 cm³/mol. The molecule has 0 spiro atoms. The Hall–Kier alpha value is -1.83. The number of benzene rings is 2. The molecule has 2 aromatic carbocycles. The average molecular weight is 213 g/mol. The first-order valence-corrected chi connectivity index (χ1v) is 5.29. The van der Waals surface area contributed by atoms with Gasteiger partial charge in [0, 0.05) is 6.07 Å². The highest BCUT2D eigenvalue weighted by molar-refractivity contribution is 5.94. The van der Waals surface area contributed by atoms with Crippen LogP contribution in [0.4, 0.5) is 0 Å². The summed E-state index contributed by atoms with van der Waals surface area (Å²) < 4.78 is 5.11. The fraction of sp³-hybridized carbons (Fsp3) is 0.214. The Morgan fingerprint density at radius 1 is 1.19 bits per heavy atom. The van der Waals surface area contributed by atoms with Crippen LogP contribution in [0.3, 0.4) is 0 Å². The van der Waals surface area contributed by atoms with Gasteiger partial charge >= 0.3 is 5.97 Å². The van der Waals surface area contributed by atoms with E-state index in [1.165, 1.54) is 0 Å². The van der Waals surface area contributed by atoms with Crippen molar-refractivity contribution in [1.82, 2.24) is 0 Å². The van der Waals surface area contributed by atoms with E-state index in [2.05, 4.69) is 6.07 Å². The molecule has 0 aliphatic carbocycles. The fourth-order valence-electron chi connectivity index (χ4n) is 1.51. The third-order valence-corrected chi connectivity index (χ3v) is 2.22. The molecule has 2 heteroatoms. The predicted octanol–water partition coefficient (Wildman–Crippen LogP) is 3.21. The zero-order valence-electron chi connectivity index (χ0n) is 9.36. The van der Waals surface area contributed by atoms with Crippen LogP contribution in [-0.2, 0) is 4.74 Å². The largest absolute Gasteiger partial charge is 0.459 e. The maximum Gasteiger partial charge on any atom is 0.339 e. The van der Waals surface area contributed by atoms with Crippen molar-refractivity contribution in [3.8, 4) is 0 Å². The molecule has 2 aromatic rings. The van der Waals surface area contributed by atoms with E-state index in [0.717, 1.165) is 10.8 Å². The summed E-state index contributed by atoms with van der Waals surface area (Å²) in [6.07, 6.45) is -0.104. The number of esters is 1. The highest BCUT2D eigenvalue weighted by Crippen LogP contribution is 2.15. The van der Waals surface area contributed by atoms with Crippen LogP contribution in [-0.4, -0.2) is 12.1 Å². The number of carbonyl (C=O) groups is 1. The van der Waals surface area contributed by atoms with Gasteiger partial charge < -0.3 is 4.74 Å². The number of hydrogen-bond donors (Lipinski definition) is 0. The van der Waals surface area contributed by atoms with Crippen molar-refractivity contribution < 1.29 is 9.53 Å². The van der Waals surface area contributed by atoms with Gasteiger partial charge in [0.1, 0.15) is 0 Å². The van der Waals surface area contributed by atoms with Crippen molar-refractivity contribution in [2.24, 2.45) is 0 Å². The van der Waals surface area contributed by atoms with E-state index in [4.69, 9.17) is 4.74 Å². The molecule has 0 N–H and O–H groups in total. The lowest BCUT2D eigenvalue weighted by Gasteiger charge is -2.07. The van der Waals surface area contributed by atoms with E-state index < -0.39 is 0 Å². The number of rotatable bonds is 2. The molecule has 0 aliphatic rings. The topological polar surface area (TPSA) is 26.3 Å². The summed E-state index contributed by atoms with van der Waals surface area (Å²) in [6.45, 7) is 3.66. The summed E-state index contributed by atoms with van der Waals surface area (Å²) in [5.74, 6) is -0.319. The maximum atomic E-state index is 11.6. The molecule has 0 atom stereocenters. The van der Waals surface area contributed by atoms with Gasteiger partial charge in [-0.05, 0) is 30.7 Å². The third-order valence-electron chi connectivity index (χ3n) is 2.22. The van der Waals surface area contributed by atoms with E-state index in [9.17, 15) is 4.79 Å². The van der Waals surface area contributed by atoms with Gasteiger partial charge in [-0.15, -0.1) is 0 Å². The second-order valence-electron chi connectivity index (χ2n) is 3.91. The Bertz CT molecular complexity index is 515. The lowest BCUT2D eigenvalue weighted by atomic mass is 10.1. The standard InChI is InChI=1S/C14H13O2/c1-10(2)16-14(15)13-8-7-11-5-3-4-6-12(11)9-13/h3-8,10H,1-2H3. The summed E-state index contributed by atoms with van der Waals surface area (Å²) in [6, 6.07) is 14.5. The van der Waals surface area contributed by atoms with E-state index >= 15 is 0 Å². The normalized spacial score (nSPS) is 10.7. The van der Waals surface area contributed by atoms with E-state index in [0.29, 0.717) is 5.56 Å². The maximum absolute atomic E-state index is 11.6. The minimum absolute atomic E-state index is 0.104. The first kappa shape index (κ1) is 10.7. The number of carbonyl (C=O) groups excluding carboxylic acids is 1. The Labute approximate surface area is 94.8 Å². The van der Waals surface area contributed by atoms with Crippen LogP contribution in [0.25, 0.3) is 10.8 Å². The van der Waals surface area contributed by atoms with Gasteiger partial charge in [0.15, 0.2) is 0 Å². The Kier molecular flexibility index (Phi) is 2.91.